The largest absolute Gasteiger partial charge is 0.444 e. The van der Waals surface area contributed by atoms with Gasteiger partial charge in [0.05, 0.1) is 13.2 Å². The van der Waals surface area contributed by atoms with Crippen LogP contribution in [0.3, 0.4) is 0 Å². The van der Waals surface area contributed by atoms with Crippen molar-refractivity contribution in [2.75, 3.05) is 20.2 Å². The van der Waals surface area contributed by atoms with E-state index in [4.69, 9.17) is 9.47 Å². The van der Waals surface area contributed by atoms with Gasteiger partial charge in [-0.3, -0.25) is 0 Å². The molecule has 0 spiro atoms. The van der Waals surface area contributed by atoms with Gasteiger partial charge in [0, 0.05) is 7.05 Å². The number of alkyl halides is 1. The normalized spacial score (nSPS) is 21.6. The van der Waals surface area contributed by atoms with Crippen molar-refractivity contribution in [2.24, 2.45) is 0 Å². The number of amides is 1. The summed E-state index contributed by atoms with van der Waals surface area (Å²) in [5, 5.41) is 0. The Labute approximate surface area is 124 Å². The molecule has 5 heteroatoms. The van der Waals surface area contributed by atoms with Crippen molar-refractivity contribution in [1.82, 2.24) is 4.90 Å². The van der Waals surface area contributed by atoms with Gasteiger partial charge in [-0.05, 0) is 31.9 Å². The fraction of sp³-hybridized carbons (Fsp3) is 0.562. The van der Waals surface area contributed by atoms with Crippen LogP contribution in [0.1, 0.15) is 44.2 Å². The Morgan fingerprint density at radius 1 is 1.38 bits per heavy atom. The van der Waals surface area contributed by atoms with E-state index in [2.05, 4.69) is 0 Å². The molecule has 0 fully saturated rings. The molecule has 4 nitrogen and oxygen atoms in total. The van der Waals surface area contributed by atoms with Crippen LogP contribution in [0.2, 0.25) is 0 Å². The minimum absolute atomic E-state index is 0.0177. The molecule has 1 amide bonds. The van der Waals surface area contributed by atoms with Gasteiger partial charge in [0.1, 0.15) is 17.9 Å². The molecule has 1 aromatic rings. The molecule has 1 aromatic carbocycles. The van der Waals surface area contributed by atoms with Crippen LogP contribution in [-0.4, -0.2) is 36.8 Å². The van der Waals surface area contributed by atoms with Crippen molar-refractivity contribution < 1.29 is 18.7 Å². The van der Waals surface area contributed by atoms with Gasteiger partial charge in [-0.1, -0.05) is 24.3 Å². The van der Waals surface area contributed by atoms with Crippen LogP contribution >= 0.6 is 0 Å². The molecule has 0 saturated heterocycles. The van der Waals surface area contributed by atoms with E-state index < -0.39 is 17.9 Å². The lowest BCUT2D eigenvalue weighted by atomic mass is 9.96. The first-order valence-corrected chi connectivity index (χ1v) is 7.06. The number of hydrogen-bond donors (Lipinski definition) is 0. The summed E-state index contributed by atoms with van der Waals surface area (Å²) in [5.74, 6) is 0. The van der Waals surface area contributed by atoms with Gasteiger partial charge in [-0.2, -0.15) is 0 Å². The molecule has 0 saturated carbocycles. The SMILES string of the molecule is CN(C[C@@H]1OC[C@H](F)c2ccccc21)C(=O)OC(C)(C)C. The fourth-order valence-electron chi connectivity index (χ4n) is 2.28. The number of benzene rings is 1. The maximum Gasteiger partial charge on any atom is 0.410 e. The zero-order valence-corrected chi connectivity index (χ0v) is 12.9. The molecule has 2 rings (SSSR count). The van der Waals surface area contributed by atoms with E-state index in [1.807, 2.05) is 39.0 Å². The highest BCUT2D eigenvalue weighted by atomic mass is 19.1. The minimum atomic E-state index is -1.11. The lowest BCUT2D eigenvalue weighted by Gasteiger charge is -2.32. The van der Waals surface area contributed by atoms with E-state index in [0.717, 1.165) is 5.56 Å². The Morgan fingerprint density at radius 3 is 2.62 bits per heavy atom. The van der Waals surface area contributed by atoms with Gasteiger partial charge < -0.3 is 14.4 Å². The third-order valence-corrected chi connectivity index (χ3v) is 3.27. The Kier molecular flexibility index (Phi) is 4.52. The van der Waals surface area contributed by atoms with Gasteiger partial charge in [-0.25, -0.2) is 9.18 Å². The summed E-state index contributed by atoms with van der Waals surface area (Å²) in [4.78, 5) is 13.4. The number of likely N-dealkylation sites (N-methyl/N-ethyl adjacent to an activating group) is 1. The maximum atomic E-state index is 13.8. The van der Waals surface area contributed by atoms with E-state index in [9.17, 15) is 9.18 Å². The molecular weight excluding hydrogens is 273 g/mol. The van der Waals surface area contributed by atoms with E-state index in [-0.39, 0.29) is 12.7 Å². The molecule has 0 unspecified atom stereocenters. The Hall–Kier alpha value is -1.62. The number of halogens is 1. The predicted octanol–water partition coefficient (Wildman–Crippen LogP) is 3.64. The first kappa shape index (κ1) is 15.8. The van der Waals surface area contributed by atoms with Gasteiger partial charge in [-0.15, -0.1) is 0 Å². The second kappa shape index (κ2) is 6.02. The highest BCUT2D eigenvalue weighted by molar-refractivity contribution is 5.67. The second-order valence-electron chi connectivity index (χ2n) is 6.28. The fourth-order valence-corrected chi connectivity index (χ4v) is 2.28. The van der Waals surface area contributed by atoms with Gasteiger partial charge in [0.2, 0.25) is 0 Å². The highest BCUT2D eigenvalue weighted by Crippen LogP contribution is 2.34. The van der Waals surface area contributed by atoms with E-state index in [1.165, 1.54) is 4.90 Å². The number of carbonyl (C=O) groups excluding carboxylic acids is 1. The van der Waals surface area contributed by atoms with Crippen molar-refractivity contribution in [3.63, 3.8) is 0 Å². The van der Waals surface area contributed by atoms with Crippen molar-refractivity contribution in [2.45, 2.75) is 38.6 Å². The quantitative estimate of drug-likeness (QED) is 0.836. The third kappa shape index (κ3) is 3.94. The van der Waals surface area contributed by atoms with Crippen LogP contribution in [0, 0.1) is 0 Å². The standard InChI is InChI=1S/C16H22FNO3/c1-16(2,3)21-15(19)18(4)9-14-12-8-6-5-7-11(12)13(17)10-20-14/h5-8,13-14H,9-10H2,1-4H3/t13-,14-/m0/s1. The number of fused-ring (bicyclic) bond motifs is 1. The molecular formula is C16H22FNO3. The lowest BCUT2D eigenvalue weighted by Crippen LogP contribution is -2.38. The average Bonchev–Trinajstić information content (AvgIpc) is 2.40. The van der Waals surface area contributed by atoms with Crippen LogP contribution in [-0.2, 0) is 9.47 Å². The van der Waals surface area contributed by atoms with Crippen LogP contribution in [0.5, 0.6) is 0 Å². The zero-order valence-electron chi connectivity index (χ0n) is 12.9. The molecule has 0 aromatic heterocycles. The second-order valence-corrected chi connectivity index (χ2v) is 6.28. The molecule has 0 radical (unpaired) electrons. The first-order valence-electron chi connectivity index (χ1n) is 7.06. The van der Waals surface area contributed by atoms with Crippen molar-refractivity contribution in [1.29, 1.82) is 0 Å². The molecule has 1 aliphatic rings. The Balaban J connectivity index is 2.07. The summed E-state index contributed by atoms with van der Waals surface area (Å²) in [6.45, 7) is 5.80. The number of ether oxygens (including phenoxy) is 2. The van der Waals surface area contributed by atoms with Crippen molar-refractivity contribution >= 4 is 6.09 Å². The van der Waals surface area contributed by atoms with E-state index in [0.29, 0.717) is 12.1 Å². The summed E-state index contributed by atoms with van der Waals surface area (Å²) >= 11 is 0. The lowest BCUT2D eigenvalue weighted by molar-refractivity contribution is -0.0236. The van der Waals surface area contributed by atoms with Gasteiger partial charge in [0.15, 0.2) is 0 Å². The van der Waals surface area contributed by atoms with Crippen molar-refractivity contribution in [3.8, 4) is 0 Å². The minimum Gasteiger partial charge on any atom is -0.444 e. The summed E-state index contributed by atoms with van der Waals surface area (Å²) in [5.41, 5.74) is 0.902. The topological polar surface area (TPSA) is 38.8 Å². The Bertz CT molecular complexity index is 512. The molecule has 0 N–H and O–H groups in total. The molecule has 2 atom stereocenters. The maximum absolute atomic E-state index is 13.8. The monoisotopic (exact) mass is 295 g/mol. The average molecular weight is 295 g/mol. The van der Waals surface area contributed by atoms with Crippen LogP contribution in [0.25, 0.3) is 0 Å². The molecule has 21 heavy (non-hydrogen) atoms. The van der Waals surface area contributed by atoms with E-state index >= 15 is 0 Å². The number of carbonyl (C=O) groups is 1. The molecule has 116 valence electrons. The third-order valence-electron chi connectivity index (χ3n) is 3.27. The van der Waals surface area contributed by atoms with Crippen LogP contribution in [0.4, 0.5) is 9.18 Å². The highest BCUT2D eigenvalue weighted by Gasteiger charge is 2.30. The number of hydrogen-bond acceptors (Lipinski definition) is 3. The predicted molar refractivity (Wildman–Crippen MR) is 77.8 cm³/mol. The number of nitrogens with zero attached hydrogens (tertiary/aromatic N) is 1. The van der Waals surface area contributed by atoms with Crippen LogP contribution < -0.4 is 0 Å². The summed E-state index contributed by atoms with van der Waals surface area (Å²) in [6.07, 6.45) is -1.85. The van der Waals surface area contributed by atoms with Gasteiger partial charge >= 0.3 is 6.09 Å². The Morgan fingerprint density at radius 2 is 2.00 bits per heavy atom. The van der Waals surface area contributed by atoms with Gasteiger partial charge in [0.25, 0.3) is 0 Å². The van der Waals surface area contributed by atoms with Crippen molar-refractivity contribution in [3.05, 3.63) is 35.4 Å². The van der Waals surface area contributed by atoms with E-state index in [1.54, 1.807) is 13.1 Å². The molecule has 1 aliphatic heterocycles. The summed E-state index contributed by atoms with van der Waals surface area (Å²) in [6, 6.07) is 7.27. The zero-order chi connectivity index (χ0) is 15.6. The molecule has 1 heterocycles. The summed E-state index contributed by atoms with van der Waals surface area (Å²) in [7, 11) is 1.65. The van der Waals surface area contributed by atoms with Crippen LogP contribution in [0.15, 0.2) is 24.3 Å². The molecule has 0 bridgehead atoms. The smallest absolute Gasteiger partial charge is 0.410 e. The first-order chi connectivity index (χ1) is 9.78. The number of rotatable bonds is 2. The molecule has 0 aliphatic carbocycles. The summed E-state index contributed by atoms with van der Waals surface area (Å²) < 4.78 is 24.7.